The Morgan fingerprint density at radius 3 is 1.65 bits per heavy atom. The number of aliphatic hydroxyl groups excluding tert-OH is 1. The summed E-state index contributed by atoms with van der Waals surface area (Å²) in [6.45, 7) is 15.4. The molecule has 0 unspecified atom stereocenters. The van der Waals surface area contributed by atoms with Gasteiger partial charge in [-0.3, -0.25) is 9.59 Å². The fourth-order valence-corrected chi connectivity index (χ4v) is 8.06. The van der Waals surface area contributed by atoms with E-state index in [1.54, 1.807) is 0 Å². The van der Waals surface area contributed by atoms with E-state index in [0.717, 1.165) is 64.6 Å². The van der Waals surface area contributed by atoms with E-state index < -0.39 is 5.41 Å². The second-order valence-corrected chi connectivity index (χ2v) is 18.2. The maximum atomic E-state index is 13.0. The molecule has 1 N–H and O–H groups in total. The second kappa shape index (κ2) is 33.9. The summed E-state index contributed by atoms with van der Waals surface area (Å²) in [4.78, 5) is 28.2. The van der Waals surface area contributed by atoms with Crippen LogP contribution in [0.15, 0.2) is 0 Å². The first-order valence-corrected chi connectivity index (χ1v) is 23.9. The smallest absolute Gasteiger partial charge is 0.311 e. The quantitative estimate of drug-likeness (QED) is 0.0494. The summed E-state index contributed by atoms with van der Waals surface area (Å²) in [6.07, 6.45) is 38.1. The van der Waals surface area contributed by atoms with Gasteiger partial charge in [-0.1, -0.05) is 156 Å². The highest BCUT2D eigenvalue weighted by Gasteiger charge is 2.44. The van der Waals surface area contributed by atoms with Crippen molar-refractivity contribution in [2.45, 2.75) is 240 Å². The van der Waals surface area contributed by atoms with Crippen LogP contribution in [0.1, 0.15) is 240 Å². The number of nitrogens with zero attached hydrogens (tertiary/aromatic N) is 1. The largest absolute Gasteiger partial charge is 0.465 e. The number of ether oxygens (including phenoxy) is 2. The predicted octanol–water partition coefficient (Wildman–Crippen LogP) is 13.6. The Morgan fingerprint density at radius 2 is 1.09 bits per heavy atom. The minimum absolute atomic E-state index is 0.0352. The fourth-order valence-electron chi connectivity index (χ4n) is 8.06. The molecule has 0 bridgehead atoms. The Balaban J connectivity index is 2.26. The fraction of sp³-hybridized carbons (Fsp3) is 0.958. The zero-order valence-electron chi connectivity index (χ0n) is 37.0. The monoisotopic (exact) mass is 764 g/mol. The Hall–Kier alpha value is -1.14. The topological polar surface area (TPSA) is 76.1 Å². The Kier molecular flexibility index (Phi) is 32.0. The number of unbranched alkanes of at least 4 members (excludes halogenated alkanes) is 19. The molecule has 54 heavy (non-hydrogen) atoms. The van der Waals surface area contributed by atoms with Gasteiger partial charge < -0.3 is 19.5 Å². The molecule has 0 saturated heterocycles. The Morgan fingerprint density at radius 1 is 0.611 bits per heavy atom. The number of rotatable bonds is 41. The van der Waals surface area contributed by atoms with Gasteiger partial charge in [-0.15, -0.1) is 0 Å². The SMILES string of the molecule is CCCCCCCCCOC(=O)C(C)(C)CCCCCCN(CCCO)CCCCCC1(CC(=O)OCC(CCCCCCC)CCCCCCC)CC1. The van der Waals surface area contributed by atoms with Crippen LogP contribution >= 0.6 is 0 Å². The maximum absolute atomic E-state index is 13.0. The Labute approximate surface area is 336 Å². The number of hydrogen-bond donors (Lipinski definition) is 1. The zero-order chi connectivity index (χ0) is 39.6. The van der Waals surface area contributed by atoms with Crippen LogP contribution < -0.4 is 0 Å². The van der Waals surface area contributed by atoms with E-state index in [2.05, 4.69) is 25.7 Å². The van der Waals surface area contributed by atoms with Crippen molar-refractivity contribution >= 4 is 11.9 Å². The number of carbonyl (C=O) groups excluding carboxylic acids is 2. The molecule has 320 valence electrons. The van der Waals surface area contributed by atoms with E-state index in [1.165, 1.54) is 154 Å². The third-order valence-electron chi connectivity index (χ3n) is 12.3. The predicted molar refractivity (Wildman–Crippen MR) is 230 cm³/mol. The van der Waals surface area contributed by atoms with Gasteiger partial charge >= 0.3 is 11.9 Å². The summed E-state index contributed by atoms with van der Waals surface area (Å²) in [5.74, 6) is 0.548. The minimum Gasteiger partial charge on any atom is -0.465 e. The highest BCUT2D eigenvalue weighted by molar-refractivity contribution is 5.75. The van der Waals surface area contributed by atoms with E-state index >= 15 is 0 Å². The molecule has 0 heterocycles. The van der Waals surface area contributed by atoms with Crippen LogP contribution in [-0.4, -0.2) is 61.4 Å². The molecule has 0 aliphatic heterocycles. The number of hydrogen-bond acceptors (Lipinski definition) is 6. The van der Waals surface area contributed by atoms with Crippen LogP contribution in [0.5, 0.6) is 0 Å². The van der Waals surface area contributed by atoms with Gasteiger partial charge in [0.2, 0.25) is 0 Å². The van der Waals surface area contributed by atoms with Crippen molar-refractivity contribution in [1.29, 1.82) is 0 Å². The van der Waals surface area contributed by atoms with Crippen LogP contribution in [0, 0.1) is 16.7 Å². The first-order chi connectivity index (χ1) is 26.2. The molecule has 6 nitrogen and oxygen atoms in total. The molecule has 0 atom stereocenters. The van der Waals surface area contributed by atoms with Gasteiger partial charge in [-0.05, 0) is 102 Å². The van der Waals surface area contributed by atoms with Crippen molar-refractivity contribution in [2.24, 2.45) is 16.7 Å². The molecule has 0 aromatic heterocycles. The van der Waals surface area contributed by atoms with Gasteiger partial charge in [0, 0.05) is 13.2 Å². The standard InChI is InChI=1S/C48H93NO5/c1-6-9-12-15-16-21-29-41-53-46(52)47(4,5)33-25-19-20-27-37-49(39-30-40-50)38-28-22-26-34-48(35-36-48)42-45(51)54-43-44(31-23-17-13-10-7-2)32-24-18-14-11-8-3/h44,50H,6-43H2,1-5H3. The van der Waals surface area contributed by atoms with Crippen LogP contribution in [0.25, 0.3) is 0 Å². The Bertz CT molecular complexity index is 857. The molecule has 0 aromatic rings. The van der Waals surface area contributed by atoms with Crippen LogP contribution in [0.2, 0.25) is 0 Å². The third kappa shape index (κ3) is 28.3. The summed E-state index contributed by atoms with van der Waals surface area (Å²) < 4.78 is 11.6. The summed E-state index contributed by atoms with van der Waals surface area (Å²) in [5.41, 5.74) is -0.195. The molecule has 0 radical (unpaired) electrons. The highest BCUT2D eigenvalue weighted by Crippen LogP contribution is 2.53. The van der Waals surface area contributed by atoms with Crippen molar-refractivity contribution in [3.8, 4) is 0 Å². The molecular weight excluding hydrogens is 671 g/mol. The molecule has 1 saturated carbocycles. The van der Waals surface area contributed by atoms with Gasteiger partial charge in [-0.2, -0.15) is 0 Å². The molecule has 1 aliphatic carbocycles. The van der Waals surface area contributed by atoms with Crippen LogP contribution in [0.4, 0.5) is 0 Å². The third-order valence-corrected chi connectivity index (χ3v) is 12.3. The molecular formula is C48H93NO5. The summed E-state index contributed by atoms with van der Waals surface area (Å²) in [5, 5.41) is 9.48. The molecule has 6 heteroatoms. The van der Waals surface area contributed by atoms with Crippen molar-refractivity contribution in [1.82, 2.24) is 4.90 Å². The molecule has 1 fully saturated rings. The van der Waals surface area contributed by atoms with Gasteiger partial charge in [0.1, 0.15) is 0 Å². The van der Waals surface area contributed by atoms with Crippen molar-refractivity contribution in [3.05, 3.63) is 0 Å². The van der Waals surface area contributed by atoms with E-state index in [9.17, 15) is 14.7 Å². The lowest BCUT2D eigenvalue weighted by molar-refractivity contribution is -0.154. The molecule has 0 aromatic carbocycles. The summed E-state index contributed by atoms with van der Waals surface area (Å²) in [6, 6.07) is 0. The maximum Gasteiger partial charge on any atom is 0.311 e. The second-order valence-electron chi connectivity index (χ2n) is 18.2. The number of esters is 2. The highest BCUT2D eigenvalue weighted by atomic mass is 16.5. The summed E-state index contributed by atoms with van der Waals surface area (Å²) in [7, 11) is 0. The van der Waals surface area contributed by atoms with Crippen molar-refractivity contribution in [2.75, 3.05) is 39.5 Å². The van der Waals surface area contributed by atoms with Crippen LogP contribution in [0.3, 0.4) is 0 Å². The van der Waals surface area contributed by atoms with E-state index in [1.807, 2.05) is 13.8 Å². The number of aliphatic hydroxyl groups is 1. The average Bonchev–Trinajstić information content (AvgIpc) is 3.92. The molecule has 1 rings (SSSR count). The molecule has 0 amide bonds. The van der Waals surface area contributed by atoms with Gasteiger partial charge in [0.25, 0.3) is 0 Å². The van der Waals surface area contributed by atoms with E-state index in [4.69, 9.17) is 9.47 Å². The lowest BCUT2D eigenvalue weighted by Gasteiger charge is -2.23. The van der Waals surface area contributed by atoms with E-state index in [0.29, 0.717) is 25.6 Å². The van der Waals surface area contributed by atoms with Gasteiger partial charge in [0.05, 0.1) is 25.0 Å². The average molecular weight is 764 g/mol. The number of carbonyl (C=O) groups is 2. The van der Waals surface area contributed by atoms with Gasteiger partial charge in [-0.25, -0.2) is 0 Å². The van der Waals surface area contributed by atoms with E-state index in [-0.39, 0.29) is 24.0 Å². The molecule has 1 aliphatic rings. The van der Waals surface area contributed by atoms with Gasteiger partial charge in [0.15, 0.2) is 0 Å². The first-order valence-electron chi connectivity index (χ1n) is 23.9. The lowest BCUT2D eigenvalue weighted by atomic mass is 9.87. The normalized spacial score (nSPS) is 13.9. The van der Waals surface area contributed by atoms with Crippen molar-refractivity contribution < 1.29 is 24.2 Å². The summed E-state index contributed by atoms with van der Waals surface area (Å²) >= 11 is 0. The van der Waals surface area contributed by atoms with Crippen molar-refractivity contribution in [3.63, 3.8) is 0 Å². The van der Waals surface area contributed by atoms with Crippen LogP contribution in [-0.2, 0) is 19.1 Å². The zero-order valence-corrected chi connectivity index (χ0v) is 37.0. The lowest BCUT2D eigenvalue weighted by Crippen LogP contribution is -2.28. The molecule has 0 spiro atoms. The minimum atomic E-state index is -0.406. The first kappa shape index (κ1) is 50.9.